The van der Waals surface area contributed by atoms with Gasteiger partial charge in [0.1, 0.15) is 11.4 Å². The van der Waals surface area contributed by atoms with Crippen molar-refractivity contribution in [3.63, 3.8) is 0 Å². The maximum atomic E-state index is 12.7. The molecule has 1 saturated heterocycles. The normalized spacial score (nSPS) is 17.6. The number of ether oxygens (including phenoxy) is 2. The second kappa shape index (κ2) is 7.11. The second-order valence-corrected chi connectivity index (χ2v) is 7.25. The van der Waals surface area contributed by atoms with Gasteiger partial charge in [-0.1, -0.05) is 18.2 Å². The zero-order chi connectivity index (χ0) is 19.7. The Kier molecular flexibility index (Phi) is 4.63. The van der Waals surface area contributed by atoms with Crippen LogP contribution in [0.3, 0.4) is 0 Å². The molecule has 0 aliphatic carbocycles. The van der Waals surface area contributed by atoms with Crippen molar-refractivity contribution in [3.05, 3.63) is 65.2 Å². The molecular formula is C22H21NO5. The second-order valence-electron chi connectivity index (χ2n) is 7.25. The van der Waals surface area contributed by atoms with Crippen molar-refractivity contribution in [2.75, 3.05) is 20.2 Å². The average Bonchev–Trinajstić information content (AvgIpc) is 2.73. The van der Waals surface area contributed by atoms with Gasteiger partial charge in [0.25, 0.3) is 5.91 Å². The lowest BCUT2D eigenvalue weighted by Gasteiger charge is -2.44. The van der Waals surface area contributed by atoms with Gasteiger partial charge < -0.3 is 14.4 Å². The Morgan fingerprint density at radius 1 is 1.04 bits per heavy atom. The molecule has 6 heteroatoms. The third-order valence-electron chi connectivity index (χ3n) is 5.49. The van der Waals surface area contributed by atoms with Crippen LogP contribution in [0.1, 0.15) is 50.3 Å². The minimum absolute atomic E-state index is 0.000654. The SMILES string of the molecule is COC(=O)c1ccc2c(c1)C(=O)CC1(CCN(C(=O)c3ccccc3)CC1)O2. The summed E-state index contributed by atoms with van der Waals surface area (Å²) >= 11 is 0. The molecule has 1 fully saturated rings. The molecule has 0 aromatic heterocycles. The van der Waals surface area contributed by atoms with Crippen LogP contribution >= 0.6 is 0 Å². The summed E-state index contributed by atoms with van der Waals surface area (Å²) in [5.41, 5.74) is 0.818. The van der Waals surface area contributed by atoms with E-state index in [9.17, 15) is 14.4 Å². The molecule has 0 radical (unpaired) electrons. The maximum Gasteiger partial charge on any atom is 0.337 e. The molecule has 144 valence electrons. The van der Waals surface area contributed by atoms with E-state index < -0.39 is 11.6 Å². The Hall–Kier alpha value is -3.15. The highest BCUT2D eigenvalue weighted by molar-refractivity contribution is 6.03. The highest BCUT2D eigenvalue weighted by atomic mass is 16.5. The van der Waals surface area contributed by atoms with Gasteiger partial charge in [-0.15, -0.1) is 0 Å². The Balaban J connectivity index is 1.49. The first-order chi connectivity index (χ1) is 13.5. The molecule has 0 N–H and O–H groups in total. The summed E-state index contributed by atoms with van der Waals surface area (Å²) in [6.45, 7) is 1.08. The third kappa shape index (κ3) is 3.26. The summed E-state index contributed by atoms with van der Waals surface area (Å²) in [5.74, 6) is -0.0362. The lowest BCUT2D eigenvalue weighted by atomic mass is 9.82. The summed E-state index contributed by atoms with van der Waals surface area (Å²) in [7, 11) is 1.31. The first kappa shape index (κ1) is 18.2. The molecule has 2 heterocycles. The van der Waals surface area contributed by atoms with Gasteiger partial charge in [0.15, 0.2) is 5.78 Å². The minimum Gasteiger partial charge on any atom is -0.486 e. The number of Topliss-reactive ketones (excluding diaryl/α,β-unsaturated/α-hetero) is 1. The molecule has 2 aliphatic rings. The lowest BCUT2D eigenvalue weighted by Crippen LogP contribution is -2.52. The number of hydrogen-bond acceptors (Lipinski definition) is 5. The van der Waals surface area contributed by atoms with Crippen molar-refractivity contribution in [1.82, 2.24) is 4.90 Å². The monoisotopic (exact) mass is 379 g/mol. The molecule has 2 aromatic carbocycles. The number of piperidine rings is 1. The molecule has 0 atom stereocenters. The van der Waals surface area contributed by atoms with Gasteiger partial charge in [-0.25, -0.2) is 4.79 Å². The van der Waals surface area contributed by atoms with E-state index in [0.717, 1.165) is 0 Å². The van der Waals surface area contributed by atoms with Crippen molar-refractivity contribution >= 4 is 17.7 Å². The van der Waals surface area contributed by atoms with E-state index in [1.165, 1.54) is 13.2 Å². The topological polar surface area (TPSA) is 72.9 Å². The lowest BCUT2D eigenvalue weighted by molar-refractivity contribution is -0.00571. The molecule has 4 rings (SSSR count). The Bertz CT molecular complexity index is 929. The highest BCUT2D eigenvalue weighted by Gasteiger charge is 2.43. The van der Waals surface area contributed by atoms with Crippen molar-refractivity contribution in [2.45, 2.75) is 24.9 Å². The van der Waals surface area contributed by atoms with Crippen molar-refractivity contribution in [1.29, 1.82) is 0 Å². The number of hydrogen-bond donors (Lipinski definition) is 0. The number of amides is 1. The van der Waals surface area contributed by atoms with Crippen molar-refractivity contribution < 1.29 is 23.9 Å². The van der Waals surface area contributed by atoms with Crippen molar-refractivity contribution in [3.8, 4) is 5.75 Å². The van der Waals surface area contributed by atoms with Crippen molar-refractivity contribution in [2.24, 2.45) is 0 Å². The number of esters is 1. The fraction of sp³-hybridized carbons (Fsp3) is 0.318. The van der Waals surface area contributed by atoms with Crippen LogP contribution in [-0.2, 0) is 4.74 Å². The van der Waals surface area contributed by atoms with Gasteiger partial charge in [0.05, 0.1) is 24.7 Å². The molecule has 0 bridgehead atoms. The number of likely N-dealkylation sites (tertiary alicyclic amines) is 1. The standard InChI is InChI=1S/C22H21NO5/c1-27-21(26)16-7-8-19-17(13-16)18(24)14-22(28-19)9-11-23(12-10-22)20(25)15-5-3-2-4-6-15/h2-8,13H,9-12,14H2,1H3. The molecule has 6 nitrogen and oxygen atoms in total. The number of carbonyl (C=O) groups excluding carboxylic acids is 3. The summed E-state index contributed by atoms with van der Waals surface area (Å²) in [4.78, 5) is 38.9. The van der Waals surface area contributed by atoms with Crippen LogP contribution in [0.15, 0.2) is 48.5 Å². The van der Waals surface area contributed by atoms with E-state index >= 15 is 0 Å². The Labute approximate surface area is 163 Å². The van der Waals surface area contributed by atoms with Gasteiger partial charge in [-0.05, 0) is 30.3 Å². The van der Waals surface area contributed by atoms with Crippen LogP contribution in [0.25, 0.3) is 0 Å². The van der Waals surface area contributed by atoms with E-state index in [-0.39, 0.29) is 18.1 Å². The van der Waals surface area contributed by atoms with Crippen LogP contribution < -0.4 is 4.74 Å². The number of benzene rings is 2. The number of ketones is 1. The Morgan fingerprint density at radius 2 is 1.75 bits per heavy atom. The first-order valence-corrected chi connectivity index (χ1v) is 9.30. The number of rotatable bonds is 2. The van der Waals surface area contributed by atoms with Crippen LogP contribution in [0.2, 0.25) is 0 Å². The molecule has 1 amide bonds. The zero-order valence-corrected chi connectivity index (χ0v) is 15.6. The highest BCUT2D eigenvalue weighted by Crippen LogP contribution is 2.40. The van der Waals surface area contributed by atoms with Crippen LogP contribution in [0, 0.1) is 0 Å². The largest absolute Gasteiger partial charge is 0.486 e. The first-order valence-electron chi connectivity index (χ1n) is 9.30. The number of methoxy groups -OCH3 is 1. The van der Waals surface area contributed by atoms with E-state index in [0.29, 0.717) is 48.4 Å². The maximum absolute atomic E-state index is 12.7. The fourth-order valence-corrected chi connectivity index (χ4v) is 3.90. The smallest absolute Gasteiger partial charge is 0.337 e. The average molecular weight is 379 g/mol. The van der Waals surface area contributed by atoms with E-state index in [1.807, 2.05) is 35.2 Å². The fourth-order valence-electron chi connectivity index (χ4n) is 3.90. The molecule has 28 heavy (non-hydrogen) atoms. The summed E-state index contributed by atoms with van der Waals surface area (Å²) in [6.07, 6.45) is 1.43. The summed E-state index contributed by atoms with van der Waals surface area (Å²) in [6, 6.07) is 14.0. The van der Waals surface area contributed by atoms with E-state index in [4.69, 9.17) is 9.47 Å². The number of fused-ring (bicyclic) bond motifs is 1. The van der Waals surface area contributed by atoms with Crippen LogP contribution in [-0.4, -0.2) is 48.4 Å². The van der Waals surface area contributed by atoms with Crippen LogP contribution in [0.5, 0.6) is 5.75 Å². The predicted molar refractivity (Wildman–Crippen MR) is 102 cm³/mol. The van der Waals surface area contributed by atoms with Gasteiger partial charge in [-0.2, -0.15) is 0 Å². The molecule has 2 aliphatic heterocycles. The molecular weight excluding hydrogens is 358 g/mol. The Morgan fingerprint density at radius 3 is 2.43 bits per heavy atom. The molecule has 0 unspecified atom stereocenters. The zero-order valence-electron chi connectivity index (χ0n) is 15.6. The van der Waals surface area contributed by atoms with E-state index in [2.05, 4.69) is 0 Å². The van der Waals surface area contributed by atoms with Gasteiger partial charge in [-0.3, -0.25) is 9.59 Å². The number of carbonyl (C=O) groups is 3. The molecule has 0 saturated carbocycles. The third-order valence-corrected chi connectivity index (χ3v) is 5.49. The summed E-state index contributed by atoms with van der Waals surface area (Å²) in [5, 5.41) is 0. The molecule has 2 aromatic rings. The quantitative estimate of drug-likeness (QED) is 0.750. The minimum atomic E-state index is -0.593. The number of nitrogens with zero attached hydrogens (tertiary/aromatic N) is 1. The molecule has 1 spiro atoms. The summed E-state index contributed by atoms with van der Waals surface area (Å²) < 4.78 is 10.9. The van der Waals surface area contributed by atoms with E-state index in [1.54, 1.807) is 12.1 Å². The predicted octanol–water partition coefficient (Wildman–Crippen LogP) is 3.11. The van der Waals surface area contributed by atoms with Crippen LogP contribution in [0.4, 0.5) is 0 Å². The van der Waals surface area contributed by atoms with Gasteiger partial charge in [0.2, 0.25) is 0 Å². The van der Waals surface area contributed by atoms with Gasteiger partial charge >= 0.3 is 5.97 Å². The van der Waals surface area contributed by atoms with Gasteiger partial charge in [0, 0.05) is 31.5 Å².